The number of ether oxygens (including phenoxy) is 1. The van der Waals surface area contributed by atoms with E-state index in [-0.39, 0.29) is 24.1 Å². The van der Waals surface area contributed by atoms with Gasteiger partial charge in [0.2, 0.25) is 5.91 Å². The van der Waals surface area contributed by atoms with Crippen LogP contribution >= 0.6 is 0 Å². The number of hydrogen-bond acceptors (Lipinski definition) is 3. The number of carbonyl (C=O) groups excluding carboxylic acids is 1. The standard InChI is InChI=1S/C15H21F3N2O2/c1-4-10(2)13(19)14(21)20(3)9-11-5-7-12(8-6-11)22-15(16,17)18/h5-8,10,13H,4,9,19H2,1-3H3. The van der Waals surface area contributed by atoms with Gasteiger partial charge in [0, 0.05) is 13.6 Å². The van der Waals surface area contributed by atoms with Crippen LogP contribution in [-0.4, -0.2) is 30.3 Å². The van der Waals surface area contributed by atoms with Gasteiger partial charge < -0.3 is 15.4 Å². The highest BCUT2D eigenvalue weighted by Crippen LogP contribution is 2.23. The van der Waals surface area contributed by atoms with E-state index in [0.717, 1.165) is 6.42 Å². The third-order valence-corrected chi connectivity index (χ3v) is 3.50. The number of carbonyl (C=O) groups is 1. The van der Waals surface area contributed by atoms with Gasteiger partial charge in [-0.1, -0.05) is 32.4 Å². The lowest BCUT2D eigenvalue weighted by atomic mass is 9.99. The molecule has 7 heteroatoms. The summed E-state index contributed by atoms with van der Waals surface area (Å²) in [6.45, 7) is 4.13. The van der Waals surface area contributed by atoms with Crippen LogP contribution in [0.2, 0.25) is 0 Å². The summed E-state index contributed by atoms with van der Waals surface area (Å²) < 4.78 is 40.0. The molecule has 2 atom stereocenters. The molecule has 4 nitrogen and oxygen atoms in total. The smallest absolute Gasteiger partial charge is 0.406 e. The lowest BCUT2D eigenvalue weighted by Crippen LogP contribution is -2.45. The molecular weight excluding hydrogens is 297 g/mol. The Morgan fingerprint density at radius 2 is 1.86 bits per heavy atom. The molecule has 2 N–H and O–H groups in total. The molecule has 0 aliphatic carbocycles. The highest BCUT2D eigenvalue weighted by atomic mass is 19.4. The summed E-state index contributed by atoms with van der Waals surface area (Å²) in [6, 6.07) is 4.83. The van der Waals surface area contributed by atoms with Crippen LogP contribution < -0.4 is 10.5 Å². The van der Waals surface area contributed by atoms with E-state index in [1.807, 2.05) is 13.8 Å². The van der Waals surface area contributed by atoms with E-state index in [1.165, 1.54) is 29.2 Å². The molecule has 0 bridgehead atoms. The average molecular weight is 318 g/mol. The quantitative estimate of drug-likeness (QED) is 0.877. The maximum Gasteiger partial charge on any atom is 0.573 e. The van der Waals surface area contributed by atoms with Gasteiger partial charge in [-0.25, -0.2) is 0 Å². The molecule has 22 heavy (non-hydrogen) atoms. The first-order valence-corrected chi connectivity index (χ1v) is 6.99. The summed E-state index contributed by atoms with van der Waals surface area (Å²) in [4.78, 5) is 13.6. The number of hydrogen-bond donors (Lipinski definition) is 1. The van der Waals surface area contributed by atoms with Crippen molar-refractivity contribution in [3.63, 3.8) is 0 Å². The predicted molar refractivity (Wildman–Crippen MR) is 77.0 cm³/mol. The van der Waals surface area contributed by atoms with E-state index >= 15 is 0 Å². The lowest BCUT2D eigenvalue weighted by molar-refractivity contribution is -0.274. The molecule has 0 aliphatic heterocycles. The van der Waals surface area contributed by atoms with Crippen molar-refractivity contribution in [2.24, 2.45) is 11.7 Å². The van der Waals surface area contributed by atoms with Crippen molar-refractivity contribution < 1.29 is 22.7 Å². The van der Waals surface area contributed by atoms with Gasteiger partial charge in [0.1, 0.15) is 5.75 Å². The molecule has 1 rings (SSSR count). The third kappa shape index (κ3) is 5.55. The molecule has 0 fully saturated rings. The lowest BCUT2D eigenvalue weighted by Gasteiger charge is -2.24. The summed E-state index contributed by atoms with van der Waals surface area (Å²) in [5.74, 6) is -0.413. The molecule has 124 valence electrons. The highest BCUT2D eigenvalue weighted by molar-refractivity contribution is 5.81. The van der Waals surface area contributed by atoms with E-state index in [1.54, 1.807) is 7.05 Å². The topological polar surface area (TPSA) is 55.6 Å². The van der Waals surface area contributed by atoms with Crippen molar-refractivity contribution in [1.29, 1.82) is 0 Å². The number of halogens is 3. The zero-order chi connectivity index (χ0) is 16.9. The van der Waals surface area contributed by atoms with Gasteiger partial charge in [0.05, 0.1) is 6.04 Å². The van der Waals surface area contributed by atoms with Gasteiger partial charge in [-0.15, -0.1) is 13.2 Å². The molecule has 2 unspecified atom stereocenters. The van der Waals surface area contributed by atoms with Crippen LogP contribution in [-0.2, 0) is 11.3 Å². The van der Waals surface area contributed by atoms with E-state index < -0.39 is 12.4 Å². The van der Waals surface area contributed by atoms with Crippen LogP contribution in [0.5, 0.6) is 5.75 Å². The van der Waals surface area contributed by atoms with Gasteiger partial charge in [-0.3, -0.25) is 4.79 Å². The van der Waals surface area contributed by atoms with Gasteiger partial charge in [0.25, 0.3) is 0 Å². The van der Waals surface area contributed by atoms with Crippen LogP contribution in [0, 0.1) is 5.92 Å². The van der Waals surface area contributed by atoms with Crippen molar-refractivity contribution in [2.45, 2.75) is 39.2 Å². The van der Waals surface area contributed by atoms with Gasteiger partial charge in [-0.05, 0) is 23.6 Å². The number of alkyl halides is 3. The summed E-state index contributed by atoms with van der Waals surface area (Å²) in [5, 5.41) is 0. The number of likely N-dealkylation sites (N-methyl/N-ethyl adjacent to an activating group) is 1. The fraction of sp³-hybridized carbons (Fsp3) is 0.533. The monoisotopic (exact) mass is 318 g/mol. The summed E-state index contributed by atoms with van der Waals surface area (Å²) >= 11 is 0. The number of nitrogens with two attached hydrogens (primary N) is 1. The van der Waals surface area contributed by atoms with Crippen molar-refractivity contribution in [3.8, 4) is 5.75 Å². The van der Waals surface area contributed by atoms with Crippen molar-refractivity contribution in [3.05, 3.63) is 29.8 Å². The van der Waals surface area contributed by atoms with Crippen LogP contribution in [0.15, 0.2) is 24.3 Å². The molecule has 0 heterocycles. The van der Waals surface area contributed by atoms with Crippen molar-refractivity contribution >= 4 is 5.91 Å². The van der Waals surface area contributed by atoms with Crippen molar-refractivity contribution in [1.82, 2.24) is 4.90 Å². The first kappa shape index (κ1) is 18.3. The highest BCUT2D eigenvalue weighted by Gasteiger charge is 2.31. The Balaban J connectivity index is 2.65. The van der Waals surface area contributed by atoms with Crippen LogP contribution in [0.25, 0.3) is 0 Å². The number of nitrogens with zero attached hydrogens (tertiary/aromatic N) is 1. The Morgan fingerprint density at radius 3 is 2.32 bits per heavy atom. The zero-order valence-corrected chi connectivity index (χ0v) is 12.9. The van der Waals surface area contributed by atoms with Gasteiger partial charge >= 0.3 is 6.36 Å². The Labute approximate surface area is 128 Å². The second-order valence-electron chi connectivity index (χ2n) is 5.30. The van der Waals surface area contributed by atoms with E-state index in [9.17, 15) is 18.0 Å². The molecule has 0 saturated heterocycles. The average Bonchev–Trinajstić information content (AvgIpc) is 2.45. The molecule has 0 aromatic heterocycles. The van der Waals surface area contributed by atoms with Gasteiger partial charge in [0.15, 0.2) is 0 Å². The minimum atomic E-state index is -4.71. The first-order chi connectivity index (χ1) is 10.1. The van der Waals surface area contributed by atoms with Crippen LogP contribution in [0.3, 0.4) is 0 Å². The largest absolute Gasteiger partial charge is 0.573 e. The second-order valence-corrected chi connectivity index (χ2v) is 5.30. The van der Waals surface area contributed by atoms with E-state index in [0.29, 0.717) is 5.56 Å². The predicted octanol–water partition coefficient (Wildman–Crippen LogP) is 2.92. The fourth-order valence-electron chi connectivity index (χ4n) is 1.90. The summed E-state index contributed by atoms with van der Waals surface area (Å²) in [6.07, 6.45) is -3.92. The third-order valence-electron chi connectivity index (χ3n) is 3.50. The molecular formula is C15H21F3N2O2. The molecule has 0 radical (unpaired) electrons. The number of amides is 1. The minimum Gasteiger partial charge on any atom is -0.406 e. The van der Waals surface area contributed by atoms with Crippen LogP contribution in [0.4, 0.5) is 13.2 Å². The molecule has 0 saturated carbocycles. The SMILES string of the molecule is CCC(C)C(N)C(=O)N(C)Cc1ccc(OC(F)(F)F)cc1. The molecule has 0 spiro atoms. The maximum absolute atomic E-state index is 12.1. The fourth-order valence-corrected chi connectivity index (χ4v) is 1.90. The Bertz CT molecular complexity index is 489. The molecule has 0 aliphatic rings. The maximum atomic E-state index is 12.1. The van der Waals surface area contributed by atoms with Crippen LogP contribution in [0.1, 0.15) is 25.8 Å². The first-order valence-electron chi connectivity index (χ1n) is 6.99. The van der Waals surface area contributed by atoms with E-state index in [4.69, 9.17) is 5.73 Å². The molecule has 1 aromatic rings. The Hall–Kier alpha value is -1.76. The summed E-state index contributed by atoms with van der Waals surface area (Å²) in [5.41, 5.74) is 6.58. The van der Waals surface area contributed by atoms with Gasteiger partial charge in [-0.2, -0.15) is 0 Å². The van der Waals surface area contributed by atoms with Crippen molar-refractivity contribution in [2.75, 3.05) is 7.05 Å². The number of rotatable bonds is 6. The van der Waals surface area contributed by atoms with E-state index in [2.05, 4.69) is 4.74 Å². The molecule has 1 aromatic carbocycles. The minimum absolute atomic E-state index is 0.0671. The Kier molecular flexibility index (Phi) is 6.22. The summed E-state index contributed by atoms with van der Waals surface area (Å²) in [7, 11) is 1.62. The molecule has 1 amide bonds. The number of benzene rings is 1. The zero-order valence-electron chi connectivity index (χ0n) is 12.9. The Morgan fingerprint density at radius 1 is 1.32 bits per heavy atom. The normalized spacial score (nSPS) is 14.3. The second kappa shape index (κ2) is 7.49.